The highest BCUT2D eigenvalue weighted by Crippen LogP contribution is 2.41. The summed E-state index contributed by atoms with van der Waals surface area (Å²) >= 11 is 1.95. The monoisotopic (exact) mass is 390 g/mol. The van der Waals surface area contributed by atoms with E-state index in [-0.39, 0.29) is 11.3 Å². The SMILES string of the molecule is CCSN1CCC(CNC(=O)c2ccccc2C)(CC2CCOCC2)CC1. The molecule has 27 heavy (non-hydrogen) atoms. The maximum absolute atomic E-state index is 12.8. The Hall–Kier alpha value is -1.04. The van der Waals surface area contributed by atoms with Crippen LogP contribution in [0, 0.1) is 18.3 Å². The van der Waals surface area contributed by atoms with Crippen molar-refractivity contribution in [3.05, 3.63) is 35.4 Å². The summed E-state index contributed by atoms with van der Waals surface area (Å²) in [5.41, 5.74) is 2.07. The van der Waals surface area contributed by atoms with Crippen LogP contribution in [0.3, 0.4) is 0 Å². The molecule has 2 saturated heterocycles. The van der Waals surface area contributed by atoms with Crippen molar-refractivity contribution in [3.63, 3.8) is 0 Å². The van der Waals surface area contributed by atoms with E-state index in [1.165, 1.54) is 32.1 Å². The van der Waals surface area contributed by atoms with Gasteiger partial charge >= 0.3 is 0 Å². The van der Waals surface area contributed by atoms with Gasteiger partial charge in [0.2, 0.25) is 0 Å². The van der Waals surface area contributed by atoms with Gasteiger partial charge in [-0.15, -0.1) is 0 Å². The van der Waals surface area contributed by atoms with E-state index >= 15 is 0 Å². The van der Waals surface area contributed by atoms with Crippen LogP contribution in [0.2, 0.25) is 0 Å². The summed E-state index contributed by atoms with van der Waals surface area (Å²) in [5.74, 6) is 1.95. The number of amides is 1. The quantitative estimate of drug-likeness (QED) is 0.705. The van der Waals surface area contributed by atoms with E-state index < -0.39 is 0 Å². The Kier molecular flexibility index (Phi) is 7.62. The number of aryl methyl sites for hydroxylation is 1. The molecular weight excluding hydrogens is 356 g/mol. The Morgan fingerprint density at radius 3 is 2.63 bits per heavy atom. The van der Waals surface area contributed by atoms with E-state index in [1.807, 2.05) is 43.1 Å². The third-order valence-corrected chi connectivity index (χ3v) is 7.16. The zero-order valence-electron chi connectivity index (χ0n) is 16.8. The van der Waals surface area contributed by atoms with Crippen molar-refractivity contribution in [2.75, 3.05) is 38.6 Å². The van der Waals surface area contributed by atoms with E-state index in [1.54, 1.807) is 0 Å². The van der Waals surface area contributed by atoms with Crippen LogP contribution in [-0.2, 0) is 4.74 Å². The summed E-state index contributed by atoms with van der Waals surface area (Å²) in [5, 5.41) is 3.29. The van der Waals surface area contributed by atoms with E-state index in [0.717, 1.165) is 55.6 Å². The Labute approximate surface area is 168 Å². The number of rotatable bonds is 7. The number of carbonyl (C=O) groups is 1. The number of ether oxygens (including phenoxy) is 1. The molecule has 0 radical (unpaired) electrons. The Balaban J connectivity index is 1.64. The summed E-state index contributed by atoms with van der Waals surface area (Å²) in [4.78, 5) is 12.8. The summed E-state index contributed by atoms with van der Waals surface area (Å²) < 4.78 is 8.06. The molecule has 1 amide bonds. The first kappa shape index (κ1) is 20.7. The lowest BCUT2D eigenvalue weighted by Gasteiger charge is -2.44. The topological polar surface area (TPSA) is 41.6 Å². The number of benzene rings is 1. The number of hydrogen-bond donors (Lipinski definition) is 1. The minimum Gasteiger partial charge on any atom is -0.381 e. The third kappa shape index (κ3) is 5.72. The lowest BCUT2D eigenvalue weighted by Crippen LogP contribution is -2.46. The van der Waals surface area contributed by atoms with Crippen molar-refractivity contribution in [1.82, 2.24) is 9.62 Å². The zero-order chi connectivity index (χ0) is 19.1. The van der Waals surface area contributed by atoms with Crippen LogP contribution in [0.1, 0.15) is 54.9 Å². The molecule has 3 rings (SSSR count). The first-order valence-electron chi connectivity index (χ1n) is 10.4. The summed E-state index contributed by atoms with van der Waals surface area (Å²) in [6.45, 7) is 9.07. The molecule has 0 aromatic heterocycles. The summed E-state index contributed by atoms with van der Waals surface area (Å²) in [6, 6.07) is 7.86. The number of carbonyl (C=O) groups excluding carboxylic acids is 1. The van der Waals surface area contributed by atoms with Crippen LogP contribution in [0.15, 0.2) is 24.3 Å². The molecule has 1 aromatic rings. The minimum absolute atomic E-state index is 0.0739. The molecule has 2 aliphatic heterocycles. The van der Waals surface area contributed by atoms with Gasteiger partial charge < -0.3 is 10.1 Å². The fourth-order valence-corrected chi connectivity index (χ4v) is 5.28. The predicted molar refractivity (Wildman–Crippen MR) is 113 cm³/mol. The second kappa shape index (κ2) is 9.94. The highest BCUT2D eigenvalue weighted by Gasteiger charge is 2.37. The van der Waals surface area contributed by atoms with Crippen molar-refractivity contribution in [3.8, 4) is 0 Å². The molecule has 4 nitrogen and oxygen atoms in total. The molecule has 1 N–H and O–H groups in total. The van der Waals surface area contributed by atoms with Crippen LogP contribution in [0.4, 0.5) is 0 Å². The van der Waals surface area contributed by atoms with Crippen LogP contribution in [-0.4, -0.2) is 48.8 Å². The fourth-order valence-electron chi connectivity index (χ4n) is 4.48. The van der Waals surface area contributed by atoms with Gasteiger partial charge in [-0.3, -0.25) is 9.10 Å². The van der Waals surface area contributed by atoms with Crippen molar-refractivity contribution < 1.29 is 9.53 Å². The van der Waals surface area contributed by atoms with E-state index in [2.05, 4.69) is 16.5 Å². The van der Waals surface area contributed by atoms with E-state index in [4.69, 9.17) is 4.74 Å². The van der Waals surface area contributed by atoms with Crippen LogP contribution < -0.4 is 5.32 Å². The smallest absolute Gasteiger partial charge is 0.251 e. The second-order valence-corrected chi connectivity index (χ2v) is 9.46. The van der Waals surface area contributed by atoms with Gasteiger partial charge in [0.05, 0.1) is 0 Å². The highest BCUT2D eigenvalue weighted by atomic mass is 32.2. The molecule has 2 aliphatic rings. The predicted octanol–water partition coefficient (Wildman–Crippen LogP) is 4.29. The third-order valence-electron chi connectivity index (χ3n) is 6.17. The number of piperidine rings is 1. The Morgan fingerprint density at radius 1 is 1.26 bits per heavy atom. The van der Waals surface area contributed by atoms with Gasteiger partial charge in [-0.05, 0) is 62.0 Å². The van der Waals surface area contributed by atoms with Gasteiger partial charge in [-0.2, -0.15) is 0 Å². The fraction of sp³-hybridized carbons (Fsp3) is 0.682. The number of nitrogens with one attached hydrogen (secondary N) is 1. The van der Waals surface area contributed by atoms with Gasteiger partial charge in [0.15, 0.2) is 0 Å². The highest BCUT2D eigenvalue weighted by molar-refractivity contribution is 7.96. The van der Waals surface area contributed by atoms with E-state index in [9.17, 15) is 4.79 Å². The molecule has 2 fully saturated rings. The first-order chi connectivity index (χ1) is 13.1. The van der Waals surface area contributed by atoms with Crippen molar-refractivity contribution >= 4 is 17.9 Å². The van der Waals surface area contributed by atoms with Crippen molar-refractivity contribution in [2.45, 2.75) is 46.0 Å². The van der Waals surface area contributed by atoms with Crippen LogP contribution >= 0.6 is 11.9 Å². The number of hydrogen-bond acceptors (Lipinski definition) is 4. The average Bonchev–Trinajstić information content (AvgIpc) is 2.69. The Bertz CT molecular complexity index is 608. The standard InChI is InChI=1S/C22H34N2O2S/c1-3-27-24-12-10-22(11-13-24,16-19-8-14-26-15-9-19)17-23-21(25)20-7-5-4-6-18(20)2/h4-7,19H,3,8-17H2,1-2H3,(H,23,25). The van der Waals surface area contributed by atoms with Crippen molar-refractivity contribution in [2.24, 2.45) is 11.3 Å². The van der Waals surface area contributed by atoms with Gasteiger partial charge in [-0.25, -0.2) is 0 Å². The van der Waals surface area contributed by atoms with Crippen molar-refractivity contribution in [1.29, 1.82) is 0 Å². The molecule has 5 heteroatoms. The zero-order valence-corrected chi connectivity index (χ0v) is 17.7. The summed E-state index contributed by atoms with van der Waals surface area (Å²) in [7, 11) is 0. The van der Waals surface area contributed by atoms with Crippen LogP contribution in [0.5, 0.6) is 0 Å². The molecule has 1 aromatic carbocycles. The molecule has 0 saturated carbocycles. The molecule has 0 bridgehead atoms. The maximum Gasteiger partial charge on any atom is 0.251 e. The molecule has 0 spiro atoms. The van der Waals surface area contributed by atoms with E-state index in [0.29, 0.717) is 0 Å². The lowest BCUT2D eigenvalue weighted by molar-refractivity contribution is 0.0341. The minimum atomic E-state index is 0.0739. The first-order valence-corrected chi connectivity index (χ1v) is 11.4. The number of nitrogens with zero attached hydrogens (tertiary/aromatic N) is 1. The largest absolute Gasteiger partial charge is 0.381 e. The average molecular weight is 391 g/mol. The molecule has 0 aliphatic carbocycles. The second-order valence-electron chi connectivity index (χ2n) is 8.10. The lowest BCUT2D eigenvalue weighted by atomic mass is 9.71. The summed E-state index contributed by atoms with van der Waals surface area (Å²) in [6.07, 6.45) is 5.90. The molecule has 0 atom stereocenters. The molecule has 0 unspecified atom stereocenters. The Morgan fingerprint density at radius 2 is 1.96 bits per heavy atom. The van der Waals surface area contributed by atoms with Gasteiger partial charge in [0, 0.05) is 44.2 Å². The maximum atomic E-state index is 12.8. The molecular formula is C22H34N2O2S. The molecule has 2 heterocycles. The molecule has 150 valence electrons. The normalized spacial score (nSPS) is 21.1. The van der Waals surface area contributed by atoms with Crippen LogP contribution in [0.25, 0.3) is 0 Å². The van der Waals surface area contributed by atoms with Gasteiger partial charge in [0.1, 0.15) is 0 Å². The van der Waals surface area contributed by atoms with Gasteiger partial charge in [-0.1, -0.05) is 37.1 Å². The van der Waals surface area contributed by atoms with Gasteiger partial charge in [0.25, 0.3) is 5.91 Å².